The zero-order valence-corrected chi connectivity index (χ0v) is 17.1. The van der Waals surface area contributed by atoms with Gasteiger partial charge in [-0.25, -0.2) is 9.97 Å². The lowest BCUT2D eigenvalue weighted by Gasteiger charge is -2.16. The molecule has 138 valence electrons. The van der Waals surface area contributed by atoms with Gasteiger partial charge in [-0.05, 0) is 42.6 Å². The number of carbonyl (C=O) groups is 1. The van der Waals surface area contributed by atoms with Gasteiger partial charge in [0, 0.05) is 40.1 Å². The number of benzene rings is 1. The monoisotopic (exact) mass is 436 g/mol. The van der Waals surface area contributed by atoms with E-state index in [9.17, 15) is 4.79 Å². The van der Waals surface area contributed by atoms with Gasteiger partial charge in [-0.15, -0.1) is 11.3 Å². The van der Waals surface area contributed by atoms with Crippen LogP contribution in [-0.4, -0.2) is 28.2 Å². The molecule has 2 aromatic heterocycles. The van der Waals surface area contributed by atoms with E-state index in [-0.39, 0.29) is 5.91 Å². The number of pyridine rings is 1. The third-order valence-corrected chi connectivity index (χ3v) is 6.24. The van der Waals surface area contributed by atoms with Crippen molar-refractivity contribution in [3.05, 3.63) is 57.0 Å². The number of hydrogen-bond donors (Lipinski definition) is 1. The summed E-state index contributed by atoms with van der Waals surface area (Å²) in [5.74, 6) is 1.48. The fourth-order valence-corrected chi connectivity index (χ4v) is 4.68. The first-order valence-corrected chi connectivity index (χ1v) is 10.8. The third-order valence-electron chi connectivity index (χ3n) is 3.98. The molecule has 1 saturated heterocycles. The van der Waals surface area contributed by atoms with Crippen molar-refractivity contribution in [2.45, 2.75) is 6.42 Å². The van der Waals surface area contributed by atoms with Crippen LogP contribution in [0.25, 0.3) is 11.3 Å². The number of halogens is 2. The highest BCUT2D eigenvalue weighted by atomic mass is 35.5. The zero-order valence-electron chi connectivity index (χ0n) is 14.0. The van der Waals surface area contributed by atoms with Crippen LogP contribution in [-0.2, 0) is 0 Å². The molecule has 27 heavy (non-hydrogen) atoms. The zero-order chi connectivity index (χ0) is 18.8. The van der Waals surface area contributed by atoms with E-state index in [4.69, 9.17) is 23.2 Å². The molecule has 5 nitrogen and oxygen atoms in total. The van der Waals surface area contributed by atoms with Gasteiger partial charge in [0.05, 0.1) is 21.8 Å². The minimum absolute atomic E-state index is 0.306. The summed E-state index contributed by atoms with van der Waals surface area (Å²) in [5, 5.41) is 5.63. The average molecular weight is 437 g/mol. The quantitative estimate of drug-likeness (QED) is 0.537. The fraction of sp³-hybridized carbons (Fsp3) is 0.167. The van der Waals surface area contributed by atoms with E-state index in [2.05, 4.69) is 19.6 Å². The van der Waals surface area contributed by atoms with Crippen LogP contribution in [0, 0.1) is 0 Å². The number of anilines is 2. The van der Waals surface area contributed by atoms with Crippen molar-refractivity contribution < 1.29 is 4.79 Å². The lowest BCUT2D eigenvalue weighted by Crippen LogP contribution is -2.16. The molecular formula is C18H14Cl2N4OS2. The summed E-state index contributed by atoms with van der Waals surface area (Å²) in [6.07, 6.45) is 2.61. The Morgan fingerprint density at radius 3 is 2.81 bits per heavy atom. The number of nitrogens with zero attached hydrogens (tertiary/aromatic N) is 3. The van der Waals surface area contributed by atoms with E-state index in [0.717, 1.165) is 35.8 Å². The van der Waals surface area contributed by atoms with Crippen molar-refractivity contribution in [3.8, 4) is 11.3 Å². The topological polar surface area (TPSA) is 58.1 Å². The molecule has 9 heteroatoms. The van der Waals surface area contributed by atoms with Gasteiger partial charge in [0.15, 0.2) is 0 Å². The molecule has 1 aliphatic heterocycles. The number of thiazole rings is 1. The van der Waals surface area contributed by atoms with E-state index in [1.54, 1.807) is 29.6 Å². The molecule has 0 aliphatic carbocycles. The summed E-state index contributed by atoms with van der Waals surface area (Å²) < 4.78 is 2.08. The highest BCUT2D eigenvalue weighted by Gasteiger charge is 2.19. The molecule has 4 rings (SSSR count). The normalized spacial score (nSPS) is 13.8. The Hall–Kier alpha value is -1.80. The molecule has 1 fully saturated rings. The van der Waals surface area contributed by atoms with Gasteiger partial charge in [0.25, 0.3) is 5.91 Å². The first kappa shape index (κ1) is 18.6. The Morgan fingerprint density at radius 1 is 1.19 bits per heavy atom. The second kappa shape index (κ2) is 8.06. The van der Waals surface area contributed by atoms with Crippen molar-refractivity contribution >= 4 is 63.9 Å². The van der Waals surface area contributed by atoms with Crippen LogP contribution in [0.3, 0.4) is 0 Å². The molecule has 0 radical (unpaired) electrons. The van der Waals surface area contributed by atoms with E-state index in [1.807, 2.05) is 17.5 Å². The summed E-state index contributed by atoms with van der Waals surface area (Å²) in [5.41, 5.74) is 4.37. The van der Waals surface area contributed by atoms with Gasteiger partial charge in [-0.2, -0.15) is 0 Å². The fourth-order valence-electron chi connectivity index (χ4n) is 2.73. The van der Waals surface area contributed by atoms with Gasteiger partial charge < -0.3 is 9.62 Å². The number of nitrogens with one attached hydrogen (secondary N) is 1. The molecule has 0 spiro atoms. The molecule has 3 aromatic rings. The van der Waals surface area contributed by atoms with Crippen LogP contribution in [0.4, 0.5) is 11.5 Å². The Labute approximate surface area is 174 Å². The molecule has 3 heterocycles. The molecule has 0 atom stereocenters. The highest BCUT2D eigenvalue weighted by molar-refractivity contribution is 8.00. The number of aromatic nitrogens is 2. The van der Waals surface area contributed by atoms with Gasteiger partial charge in [0.1, 0.15) is 5.82 Å². The van der Waals surface area contributed by atoms with Crippen molar-refractivity contribution in [2.75, 3.05) is 21.9 Å². The maximum absolute atomic E-state index is 12.8. The Balaban J connectivity index is 1.60. The summed E-state index contributed by atoms with van der Waals surface area (Å²) in [4.78, 5) is 21.4. The van der Waals surface area contributed by atoms with Crippen molar-refractivity contribution in [3.63, 3.8) is 0 Å². The largest absolute Gasteiger partial charge is 0.322 e. The predicted octanol–water partition coefficient (Wildman–Crippen LogP) is 5.62. The maximum atomic E-state index is 12.8. The summed E-state index contributed by atoms with van der Waals surface area (Å²) in [6.45, 7) is 0.908. The number of carbonyl (C=O) groups excluding carboxylic acids is 1. The third kappa shape index (κ3) is 4.21. The summed E-state index contributed by atoms with van der Waals surface area (Å²) >= 11 is 15.6. The van der Waals surface area contributed by atoms with Crippen molar-refractivity contribution in [1.82, 2.24) is 9.97 Å². The Morgan fingerprint density at radius 2 is 2.07 bits per heavy atom. The molecule has 0 saturated carbocycles. The van der Waals surface area contributed by atoms with Crippen LogP contribution >= 0.6 is 46.5 Å². The lowest BCUT2D eigenvalue weighted by molar-refractivity contribution is 0.102. The van der Waals surface area contributed by atoms with Gasteiger partial charge >= 0.3 is 0 Å². The van der Waals surface area contributed by atoms with Crippen LogP contribution in [0.1, 0.15) is 16.8 Å². The van der Waals surface area contributed by atoms with E-state index in [0.29, 0.717) is 21.3 Å². The van der Waals surface area contributed by atoms with Gasteiger partial charge in [-0.1, -0.05) is 23.2 Å². The first-order valence-electron chi connectivity index (χ1n) is 8.16. The average Bonchev–Trinajstić information content (AvgIpc) is 3.35. The standard InChI is InChI=1S/C18H14Cl2N4OS2/c19-12-4-11(16-9-26-10-22-16)5-13(6-12)23-18(25)14-7-17(21-8-15(14)20)24-2-1-3-27-24/h4-10H,1-3H2,(H,23,25). The van der Waals surface area contributed by atoms with E-state index >= 15 is 0 Å². The van der Waals surface area contributed by atoms with Crippen LogP contribution in [0.2, 0.25) is 10.0 Å². The van der Waals surface area contributed by atoms with Crippen molar-refractivity contribution in [1.29, 1.82) is 0 Å². The molecule has 1 aliphatic rings. The van der Waals surface area contributed by atoms with E-state index in [1.165, 1.54) is 17.5 Å². The Kier molecular flexibility index (Phi) is 5.54. The summed E-state index contributed by atoms with van der Waals surface area (Å²) in [7, 11) is 0. The number of hydrogen-bond acceptors (Lipinski definition) is 6. The molecule has 1 aromatic carbocycles. The highest BCUT2D eigenvalue weighted by Crippen LogP contribution is 2.31. The second-order valence-electron chi connectivity index (χ2n) is 5.87. The predicted molar refractivity (Wildman–Crippen MR) is 114 cm³/mol. The van der Waals surface area contributed by atoms with Crippen LogP contribution in [0.5, 0.6) is 0 Å². The smallest absolute Gasteiger partial charge is 0.257 e. The van der Waals surface area contributed by atoms with Crippen LogP contribution < -0.4 is 9.62 Å². The minimum atomic E-state index is -0.306. The van der Waals surface area contributed by atoms with Crippen molar-refractivity contribution in [2.24, 2.45) is 0 Å². The lowest BCUT2D eigenvalue weighted by atomic mass is 10.1. The summed E-state index contributed by atoms with van der Waals surface area (Å²) in [6, 6.07) is 7.07. The SMILES string of the molecule is O=C(Nc1cc(Cl)cc(-c2cscn2)c1)c1cc(N2CCCS2)ncc1Cl. The Bertz CT molecular complexity index is 975. The number of rotatable bonds is 4. The van der Waals surface area contributed by atoms with Gasteiger partial charge in [-0.3, -0.25) is 4.79 Å². The van der Waals surface area contributed by atoms with E-state index < -0.39 is 0 Å². The first-order chi connectivity index (χ1) is 13.1. The molecule has 1 amide bonds. The van der Waals surface area contributed by atoms with Gasteiger partial charge in [0.2, 0.25) is 0 Å². The molecular weight excluding hydrogens is 423 g/mol. The van der Waals surface area contributed by atoms with Crippen LogP contribution in [0.15, 0.2) is 41.4 Å². The number of amides is 1. The minimum Gasteiger partial charge on any atom is -0.322 e. The molecule has 1 N–H and O–H groups in total. The maximum Gasteiger partial charge on any atom is 0.257 e. The second-order valence-corrected chi connectivity index (χ2v) is 8.54. The molecule has 0 bridgehead atoms. The molecule has 0 unspecified atom stereocenters.